The Hall–Kier alpha value is -3.06. The number of carbonyl (C=O) groups is 1. The van der Waals surface area contributed by atoms with E-state index in [-0.39, 0.29) is 11.7 Å². The minimum Gasteiger partial charge on any atom is -0.472 e. The molecule has 0 saturated heterocycles. The topological polar surface area (TPSA) is 73.0 Å². The fraction of sp³-hybridized carbons (Fsp3) is 0.150. The van der Waals surface area contributed by atoms with Crippen LogP contribution in [0, 0.1) is 0 Å². The summed E-state index contributed by atoms with van der Waals surface area (Å²) >= 11 is 1.37. The van der Waals surface area contributed by atoms with E-state index >= 15 is 0 Å². The number of rotatable bonds is 6. The summed E-state index contributed by atoms with van der Waals surface area (Å²) in [5.41, 5.74) is 1.69. The van der Waals surface area contributed by atoms with Crippen molar-refractivity contribution in [2.24, 2.45) is 0 Å². The van der Waals surface area contributed by atoms with Gasteiger partial charge >= 0.3 is 0 Å². The Morgan fingerprint density at radius 1 is 1.15 bits per heavy atom. The molecule has 4 rings (SSSR count). The van der Waals surface area contributed by atoms with Crippen LogP contribution in [0.25, 0.3) is 22.2 Å². The number of nitrogens with zero attached hydrogens (tertiary/aromatic N) is 3. The number of furan rings is 1. The highest BCUT2D eigenvalue weighted by Gasteiger charge is 2.15. The van der Waals surface area contributed by atoms with Gasteiger partial charge in [-0.15, -0.1) is 10.2 Å². The number of anilines is 1. The summed E-state index contributed by atoms with van der Waals surface area (Å²) in [6, 6.07) is 15.7. The van der Waals surface area contributed by atoms with Crippen LogP contribution in [0.2, 0.25) is 0 Å². The van der Waals surface area contributed by atoms with Crippen LogP contribution in [0.5, 0.6) is 0 Å². The molecule has 0 saturated carbocycles. The van der Waals surface area contributed by atoms with Gasteiger partial charge in [0.2, 0.25) is 5.91 Å². The Bertz CT molecular complexity index is 1070. The standard InChI is InChI=1S/C20H18N4O2S/c1-2-24-19(15-10-11-26-12-15)22-23-20(24)27-13-18(25)21-17-9-5-7-14-6-3-4-8-16(14)17/h3-12H,2,13H2,1H3,(H,21,25). The van der Waals surface area contributed by atoms with Crippen LogP contribution in [0.1, 0.15) is 6.92 Å². The maximum atomic E-state index is 12.5. The van der Waals surface area contributed by atoms with Crippen molar-refractivity contribution in [3.63, 3.8) is 0 Å². The number of fused-ring (bicyclic) bond motifs is 1. The molecule has 0 bridgehead atoms. The minimum atomic E-state index is -0.0770. The minimum absolute atomic E-state index is 0.0770. The van der Waals surface area contributed by atoms with Gasteiger partial charge < -0.3 is 14.3 Å². The first kappa shape index (κ1) is 17.4. The summed E-state index contributed by atoms with van der Waals surface area (Å²) in [6.45, 7) is 2.73. The first-order chi connectivity index (χ1) is 13.3. The average molecular weight is 378 g/mol. The Labute approximate surface area is 160 Å². The smallest absolute Gasteiger partial charge is 0.234 e. The molecule has 0 radical (unpaired) electrons. The van der Waals surface area contributed by atoms with Crippen molar-refractivity contribution in [2.75, 3.05) is 11.1 Å². The highest BCUT2D eigenvalue weighted by atomic mass is 32.2. The quantitative estimate of drug-likeness (QED) is 0.502. The summed E-state index contributed by atoms with van der Waals surface area (Å²) < 4.78 is 7.10. The number of hydrogen-bond donors (Lipinski definition) is 1. The molecule has 2 heterocycles. The van der Waals surface area contributed by atoms with E-state index in [0.717, 1.165) is 27.8 Å². The van der Waals surface area contributed by atoms with Gasteiger partial charge in [0.1, 0.15) is 6.26 Å². The lowest BCUT2D eigenvalue weighted by molar-refractivity contribution is -0.113. The molecule has 0 aliphatic rings. The van der Waals surface area contributed by atoms with E-state index in [1.807, 2.05) is 60.0 Å². The Morgan fingerprint density at radius 2 is 2.00 bits per heavy atom. The molecule has 0 unspecified atom stereocenters. The van der Waals surface area contributed by atoms with Gasteiger partial charge in [-0.3, -0.25) is 4.79 Å². The molecule has 0 fully saturated rings. The number of carbonyl (C=O) groups excluding carboxylic acids is 1. The second kappa shape index (κ2) is 7.67. The van der Waals surface area contributed by atoms with Crippen molar-refractivity contribution in [3.05, 3.63) is 61.1 Å². The number of thioether (sulfide) groups is 1. The number of aromatic nitrogens is 3. The molecule has 4 aromatic rings. The summed E-state index contributed by atoms with van der Waals surface area (Å²) in [7, 11) is 0. The van der Waals surface area contributed by atoms with Gasteiger partial charge in [0.25, 0.3) is 0 Å². The lowest BCUT2D eigenvalue weighted by atomic mass is 10.1. The lowest BCUT2D eigenvalue weighted by Crippen LogP contribution is -2.15. The van der Waals surface area contributed by atoms with E-state index in [0.29, 0.717) is 11.7 Å². The highest BCUT2D eigenvalue weighted by molar-refractivity contribution is 7.99. The molecule has 27 heavy (non-hydrogen) atoms. The second-order valence-electron chi connectivity index (χ2n) is 5.93. The van der Waals surface area contributed by atoms with Crippen LogP contribution in [0.15, 0.2) is 70.6 Å². The number of nitrogens with one attached hydrogen (secondary N) is 1. The normalized spacial score (nSPS) is 11.0. The third kappa shape index (κ3) is 3.59. The van der Waals surface area contributed by atoms with E-state index in [2.05, 4.69) is 15.5 Å². The molecule has 1 N–H and O–H groups in total. The van der Waals surface area contributed by atoms with Crippen molar-refractivity contribution in [2.45, 2.75) is 18.6 Å². The largest absolute Gasteiger partial charge is 0.472 e. The zero-order valence-corrected chi connectivity index (χ0v) is 15.6. The van der Waals surface area contributed by atoms with Gasteiger partial charge in [-0.05, 0) is 24.4 Å². The van der Waals surface area contributed by atoms with Crippen LogP contribution in [0.3, 0.4) is 0 Å². The van der Waals surface area contributed by atoms with Crippen LogP contribution in [0.4, 0.5) is 5.69 Å². The van der Waals surface area contributed by atoms with Crippen molar-refractivity contribution < 1.29 is 9.21 Å². The van der Waals surface area contributed by atoms with Crippen molar-refractivity contribution in [1.29, 1.82) is 0 Å². The molecule has 0 aliphatic carbocycles. The number of amides is 1. The third-order valence-corrected chi connectivity index (χ3v) is 5.18. The van der Waals surface area contributed by atoms with Crippen molar-refractivity contribution in [3.8, 4) is 11.4 Å². The molecular weight excluding hydrogens is 360 g/mol. The molecule has 7 heteroatoms. The van der Waals surface area contributed by atoms with Crippen LogP contribution in [-0.2, 0) is 11.3 Å². The predicted molar refractivity (Wildman–Crippen MR) is 107 cm³/mol. The fourth-order valence-corrected chi connectivity index (χ4v) is 3.74. The Balaban J connectivity index is 1.47. The Morgan fingerprint density at radius 3 is 2.81 bits per heavy atom. The second-order valence-corrected chi connectivity index (χ2v) is 6.87. The van der Waals surface area contributed by atoms with E-state index in [4.69, 9.17) is 4.42 Å². The van der Waals surface area contributed by atoms with E-state index < -0.39 is 0 Å². The molecule has 0 atom stereocenters. The van der Waals surface area contributed by atoms with E-state index in [1.165, 1.54) is 11.8 Å². The van der Waals surface area contributed by atoms with Crippen LogP contribution < -0.4 is 5.32 Å². The van der Waals surface area contributed by atoms with Gasteiger partial charge in [0.15, 0.2) is 11.0 Å². The van der Waals surface area contributed by atoms with Crippen LogP contribution >= 0.6 is 11.8 Å². The number of benzene rings is 2. The van der Waals surface area contributed by atoms with Gasteiger partial charge in [-0.25, -0.2) is 0 Å². The van der Waals surface area contributed by atoms with Crippen molar-refractivity contribution >= 4 is 34.1 Å². The zero-order valence-electron chi connectivity index (χ0n) is 14.8. The maximum Gasteiger partial charge on any atom is 0.234 e. The average Bonchev–Trinajstić information content (AvgIpc) is 3.36. The van der Waals surface area contributed by atoms with Gasteiger partial charge in [-0.1, -0.05) is 48.2 Å². The maximum absolute atomic E-state index is 12.5. The van der Waals surface area contributed by atoms with Gasteiger partial charge in [0.05, 0.1) is 17.6 Å². The first-order valence-electron chi connectivity index (χ1n) is 8.62. The monoisotopic (exact) mass is 378 g/mol. The van der Waals surface area contributed by atoms with Crippen molar-refractivity contribution in [1.82, 2.24) is 14.8 Å². The molecule has 0 spiro atoms. The fourth-order valence-electron chi connectivity index (χ4n) is 2.94. The predicted octanol–water partition coefficient (Wildman–Crippen LogP) is 4.44. The summed E-state index contributed by atoms with van der Waals surface area (Å²) in [5.74, 6) is 0.919. The van der Waals surface area contributed by atoms with Gasteiger partial charge in [0, 0.05) is 17.6 Å². The third-order valence-electron chi connectivity index (χ3n) is 4.21. The number of hydrogen-bond acceptors (Lipinski definition) is 5. The SMILES string of the molecule is CCn1c(SCC(=O)Nc2cccc3ccccc23)nnc1-c1ccoc1. The first-order valence-corrected chi connectivity index (χ1v) is 9.61. The summed E-state index contributed by atoms with van der Waals surface area (Å²) in [6.07, 6.45) is 3.24. The molecular formula is C20H18N4O2S. The summed E-state index contributed by atoms with van der Waals surface area (Å²) in [5, 5.41) is 14.3. The van der Waals surface area contributed by atoms with Crippen LogP contribution in [-0.4, -0.2) is 26.4 Å². The zero-order chi connectivity index (χ0) is 18.6. The highest BCUT2D eigenvalue weighted by Crippen LogP contribution is 2.26. The molecule has 1 amide bonds. The molecule has 2 aromatic carbocycles. The Kier molecular flexibility index (Phi) is 4.93. The lowest BCUT2D eigenvalue weighted by Gasteiger charge is -2.09. The van der Waals surface area contributed by atoms with Gasteiger partial charge in [-0.2, -0.15) is 0 Å². The molecule has 136 valence electrons. The van der Waals surface area contributed by atoms with E-state index in [9.17, 15) is 4.79 Å². The summed E-state index contributed by atoms with van der Waals surface area (Å²) in [4.78, 5) is 12.5. The molecule has 0 aliphatic heterocycles. The molecule has 6 nitrogen and oxygen atoms in total. The molecule has 2 aromatic heterocycles. The van der Waals surface area contributed by atoms with E-state index in [1.54, 1.807) is 12.5 Å².